The summed E-state index contributed by atoms with van der Waals surface area (Å²) < 4.78 is 10.6. The minimum atomic E-state index is -0.530. The van der Waals surface area contributed by atoms with Crippen molar-refractivity contribution in [2.75, 3.05) is 0 Å². The first-order chi connectivity index (χ1) is 8.67. The summed E-state index contributed by atoms with van der Waals surface area (Å²) in [6.07, 6.45) is -0.503. The lowest BCUT2D eigenvalue weighted by molar-refractivity contribution is 0.0500. The molecule has 0 aliphatic carbocycles. The van der Waals surface area contributed by atoms with Crippen LogP contribution in [0.2, 0.25) is 0 Å². The summed E-state index contributed by atoms with van der Waals surface area (Å²) >= 11 is 1.48. The van der Waals surface area contributed by atoms with Gasteiger partial charge in [-0.15, -0.1) is 10.2 Å². The fourth-order valence-electron chi connectivity index (χ4n) is 1.19. The Morgan fingerprint density at radius 2 is 1.95 bits per heavy atom. The molecule has 19 heavy (non-hydrogen) atoms. The molecule has 0 aliphatic heterocycles. The maximum atomic E-state index is 11.6. The molecule has 0 saturated heterocycles. The van der Waals surface area contributed by atoms with E-state index >= 15 is 0 Å². The highest BCUT2D eigenvalue weighted by atomic mass is 32.2. The van der Waals surface area contributed by atoms with Crippen molar-refractivity contribution >= 4 is 17.9 Å². The van der Waals surface area contributed by atoms with Crippen LogP contribution in [0, 0.1) is 0 Å². The number of aromatic nitrogens is 2. The van der Waals surface area contributed by atoms with Gasteiger partial charge in [0, 0.05) is 5.25 Å². The van der Waals surface area contributed by atoms with Gasteiger partial charge in [-0.05, 0) is 27.7 Å². The molecule has 7 heteroatoms. The third-order valence-electron chi connectivity index (χ3n) is 1.86. The van der Waals surface area contributed by atoms with Crippen LogP contribution >= 0.6 is 11.8 Å². The van der Waals surface area contributed by atoms with E-state index < -0.39 is 11.7 Å². The lowest BCUT2D eigenvalue weighted by Gasteiger charge is -2.20. The number of carbonyl (C=O) groups excluding carboxylic acids is 1. The molecule has 0 saturated carbocycles. The molecule has 0 bridgehead atoms. The number of nitrogens with one attached hydrogen (secondary N) is 1. The highest BCUT2D eigenvalue weighted by Crippen LogP contribution is 2.23. The van der Waals surface area contributed by atoms with Crippen LogP contribution < -0.4 is 5.32 Å². The zero-order chi connectivity index (χ0) is 14.6. The first kappa shape index (κ1) is 15.8. The molecule has 1 N–H and O–H groups in total. The highest BCUT2D eigenvalue weighted by Gasteiger charge is 2.21. The molecule has 0 aromatic carbocycles. The number of alkyl carbamates (subject to hydrolysis) is 1. The molecule has 0 fully saturated rings. The largest absolute Gasteiger partial charge is 0.444 e. The standard InChI is InChI=1S/C12H21N3O3S/c1-7(2)19-11-15-14-9(17-11)8(3)13-10(16)18-12(4,5)6/h7-8H,1-6H3,(H,13,16)/t8-/m0/s1. The Bertz CT molecular complexity index is 426. The molecular formula is C12H21N3O3S. The number of nitrogens with zero attached hydrogens (tertiary/aromatic N) is 2. The van der Waals surface area contributed by atoms with E-state index in [9.17, 15) is 4.79 Å². The number of hydrogen-bond acceptors (Lipinski definition) is 6. The average molecular weight is 287 g/mol. The van der Waals surface area contributed by atoms with Crippen LogP contribution in [0.25, 0.3) is 0 Å². The minimum absolute atomic E-state index is 0.363. The van der Waals surface area contributed by atoms with Crippen molar-refractivity contribution in [2.45, 2.75) is 63.7 Å². The van der Waals surface area contributed by atoms with Crippen LogP contribution in [0.5, 0.6) is 0 Å². The summed E-state index contributed by atoms with van der Waals surface area (Å²) in [6.45, 7) is 11.3. The van der Waals surface area contributed by atoms with Gasteiger partial charge >= 0.3 is 6.09 Å². The molecule has 1 aromatic rings. The number of carbonyl (C=O) groups is 1. The number of ether oxygens (including phenoxy) is 1. The Labute approximate surface area is 117 Å². The third kappa shape index (κ3) is 5.96. The molecule has 1 atom stereocenters. The summed E-state index contributed by atoms with van der Waals surface area (Å²) in [4.78, 5) is 11.6. The monoisotopic (exact) mass is 287 g/mol. The van der Waals surface area contributed by atoms with Crippen molar-refractivity contribution in [1.82, 2.24) is 15.5 Å². The summed E-state index contributed by atoms with van der Waals surface area (Å²) in [7, 11) is 0. The Kier molecular flexibility index (Phi) is 5.22. The Hall–Kier alpha value is -1.24. The molecule has 1 heterocycles. The van der Waals surface area contributed by atoms with Gasteiger partial charge in [0.25, 0.3) is 5.22 Å². The van der Waals surface area contributed by atoms with E-state index in [4.69, 9.17) is 9.15 Å². The third-order valence-corrected chi connectivity index (χ3v) is 2.70. The lowest BCUT2D eigenvalue weighted by Crippen LogP contribution is -2.34. The molecule has 0 spiro atoms. The van der Waals surface area contributed by atoms with Crippen LogP contribution in [0.4, 0.5) is 4.79 Å². The van der Waals surface area contributed by atoms with E-state index in [1.165, 1.54) is 11.8 Å². The number of thioether (sulfide) groups is 1. The molecule has 1 amide bonds. The van der Waals surface area contributed by atoms with Gasteiger partial charge < -0.3 is 14.5 Å². The smallest absolute Gasteiger partial charge is 0.408 e. The fraction of sp³-hybridized carbons (Fsp3) is 0.750. The van der Waals surface area contributed by atoms with Crippen molar-refractivity contribution in [1.29, 1.82) is 0 Å². The quantitative estimate of drug-likeness (QED) is 0.857. The van der Waals surface area contributed by atoms with E-state index in [0.29, 0.717) is 16.4 Å². The fourth-order valence-corrected chi connectivity index (χ4v) is 1.82. The maximum absolute atomic E-state index is 11.6. The van der Waals surface area contributed by atoms with E-state index in [-0.39, 0.29) is 6.04 Å². The van der Waals surface area contributed by atoms with Gasteiger partial charge in [0.2, 0.25) is 5.89 Å². The second-order valence-electron chi connectivity index (χ2n) is 5.44. The molecule has 0 radical (unpaired) electrons. The van der Waals surface area contributed by atoms with Gasteiger partial charge in [-0.3, -0.25) is 0 Å². The highest BCUT2D eigenvalue weighted by molar-refractivity contribution is 7.99. The zero-order valence-corrected chi connectivity index (χ0v) is 13.0. The predicted molar refractivity (Wildman–Crippen MR) is 73.1 cm³/mol. The van der Waals surface area contributed by atoms with Gasteiger partial charge in [-0.1, -0.05) is 25.6 Å². The molecule has 1 rings (SSSR count). The van der Waals surface area contributed by atoms with Crippen molar-refractivity contribution < 1.29 is 13.9 Å². The molecular weight excluding hydrogens is 266 g/mol. The van der Waals surface area contributed by atoms with Crippen LogP contribution in [-0.4, -0.2) is 27.1 Å². The number of hydrogen-bond donors (Lipinski definition) is 1. The first-order valence-electron chi connectivity index (χ1n) is 6.17. The second kappa shape index (κ2) is 6.27. The Balaban J connectivity index is 2.56. The summed E-state index contributed by atoms with van der Waals surface area (Å²) in [6, 6.07) is -0.385. The second-order valence-corrected chi connectivity index (χ2v) is 6.97. The van der Waals surface area contributed by atoms with Crippen LogP contribution in [0.3, 0.4) is 0 Å². The van der Waals surface area contributed by atoms with Crippen LogP contribution in [0.15, 0.2) is 9.64 Å². The van der Waals surface area contributed by atoms with Crippen LogP contribution in [-0.2, 0) is 4.74 Å². The topological polar surface area (TPSA) is 77.2 Å². The lowest BCUT2D eigenvalue weighted by atomic mass is 10.2. The number of rotatable bonds is 4. The summed E-state index contributed by atoms with van der Waals surface area (Å²) in [5.41, 5.74) is -0.530. The normalized spacial score (nSPS) is 13.4. The van der Waals surface area contributed by atoms with E-state index in [0.717, 1.165) is 0 Å². The Morgan fingerprint density at radius 3 is 2.47 bits per heavy atom. The average Bonchev–Trinajstić information content (AvgIpc) is 2.61. The molecule has 6 nitrogen and oxygen atoms in total. The maximum Gasteiger partial charge on any atom is 0.408 e. The van der Waals surface area contributed by atoms with E-state index in [1.807, 2.05) is 13.8 Å². The molecule has 1 aromatic heterocycles. The van der Waals surface area contributed by atoms with Crippen molar-refractivity contribution in [3.63, 3.8) is 0 Å². The van der Waals surface area contributed by atoms with Gasteiger partial charge in [-0.2, -0.15) is 0 Å². The zero-order valence-electron chi connectivity index (χ0n) is 12.2. The summed E-state index contributed by atoms with van der Waals surface area (Å²) in [5, 5.41) is 11.3. The molecule has 0 aliphatic rings. The van der Waals surface area contributed by atoms with Crippen molar-refractivity contribution in [3.8, 4) is 0 Å². The van der Waals surface area contributed by atoms with E-state index in [1.54, 1.807) is 27.7 Å². The minimum Gasteiger partial charge on any atom is -0.444 e. The SMILES string of the molecule is CC(C)Sc1nnc([C@H](C)NC(=O)OC(C)(C)C)o1. The molecule has 108 valence electrons. The van der Waals surface area contributed by atoms with Crippen molar-refractivity contribution in [3.05, 3.63) is 5.89 Å². The van der Waals surface area contributed by atoms with Gasteiger partial charge in [0.15, 0.2) is 0 Å². The van der Waals surface area contributed by atoms with Crippen molar-refractivity contribution in [2.24, 2.45) is 0 Å². The Morgan fingerprint density at radius 1 is 1.32 bits per heavy atom. The van der Waals surface area contributed by atoms with Gasteiger partial charge in [-0.25, -0.2) is 4.79 Å². The predicted octanol–water partition coefficient (Wildman–Crippen LogP) is 3.16. The first-order valence-corrected chi connectivity index (χ1v) is 7.05. The summed E-state index contributed by atoms with van der Waals surface area (Å²) in [5.74, 6) is 0.369. The van der Waals surface area contributed by atoms with E-state index in [2.05, 4.69) is 15.5 Å². The van der Waals surface area contributed by atoms with Crippen LogP contribution in [0.1, 0.15) is 53.5 Å². The van der Waals surface area contributed by atoms with Gasteiger partial charge in [0.1, 0.15) is 11.6 Å². The number of amides is 1. The molecule has 0 unspecified atom stereocenters. The van der Waals surface area contributed by atoms with Gasteiger partial charge in [0.05, 0.1) is 0 Å².